The highest BCUT2D eigenvalue weighted by Crippen LogP contribution is 2.34. The van der Waals surface area contributed by atoms with Crippen LogP contribution in [-0.4, -0.2) is 34.9 Å². The molecule has 0 aliphatic carbocycles. The molecule has 0 saturated carbocycles. The molecular formula is C20H27N3O. The number of amides is 1. The van der Waals surface area contributed by atoms with Gasteiger partial charge in [0, 0.05) is 36.2 Å². The Morgan fingerprint density at radius 2 is 2.08 bits per heavy atom. The van der Waals surface area contributed by atoms with Crippen molar-refractivity contribution in [2.45, 2.75) is 51.6 Å². The number of aromatic amines is 1. The third-order valence-corrected chi connectivity index (χ3v) is 5.44. The largest absolute Gasteiger partial charge is 0.361 e. The van der Waals surface area contributed by atoms with Crippen LogP contribution >= 0.6 is 0 Å². The van der Waals surface area contributed by atoms with Crippen molar-refractivity contribution in [2.24, 2.45) is 5.92 Å². The van der Waals surface area contributed by atoms with E-state index in [-0.39, 0.29) is 18.0 Å². The highest BCUT2D eigenvalue weighted by atomic mass is 16.2. The number of likely N-dealkylation sites (tertiary alicyclic amines) is 1. The maximum atomic E-state index is 13.0. The Bertz CT molecular complexity index is 742. The second-order valence-electron chi connectivity index (χ2n) is 7.72. The molecule has 1 amide bonds. The van der Waals surface area contributed by atoms with Crippen molar-refractivity contribution in [3.05, 3.63) is 35.5 Å². The molecule has 4 rings (SSSR count). The Labute approximate surface area is 143 Å². The summed E-state index contributed by atoms with van der Waals surface area (Å²) in [6.07, 6.45) is 6.21. The standard InChI is InChI=1S/C20H27N3O/c1-13(2)10-17-15-6-5-7-16-19(15)14(12-21-16)11-18(22-17)20(24)23-8-3-4-9-23/h5-7,12-13,17-18,21-22H,3-4,8-11H2,1-2H3/t17-,18-/m0/s1. The van der Waals surface area contributed by atoms with Gasteiger partial charge in [-0.15, -0.1) is 0 Å². The summed E-state index contributed by atoms with van der Waals surface area (Å²) in [4.78, 5) is 18.5. The number of hydrogen-bond donors (Lipinski definition) is 2. The molecule has 2 aliphatic rings. The first-order valence-electron chi connectivity index (χ1n) is 9.27. The van der Waals surface area contributed by atoms with Gasteiger partial charge in [-0.25, -0.2) is 0 Å². The van der Waals surface area contributed by atoms with E-state index in [0.29, 0.717) is 5.92 Å². The first kappa shape index (κ1) is 15.7. The molecule has 0 radical (unpaired) electrons. The van der Waals surface area contributed by atoms with Crippen molar-refractivity contribution < 1.29 is 4.79 Å². The smallest absolute Gasteiger partial charge is 0.240 e. The molecule has 1 saturated heterocycles. The average molecular weight is 325 g/mol. The number of hydrogen-bond acceptors (Lipinski definition) is 2. The molecule has 2 aromatic rings. The minimum atomic E-state index is -0.113. The van der Waals surface area contributed by atoms with Crippen LogP contribution in [0.15, 0.2) is 24.4 Å². The Morgan fingerprint density at radius 1 is 1.29 bits per heavy atom. The highest BCUT2D eigenvalue weighted by Gasteiger charge is 2.33. The van der Waals surface area contributed by atoms with Gasteiger partial charge in [-0.3, -0.25) is 10.1 Å². The van der Waals surface area contributed by atoms with E-state index < -0.39 is 0 Å². The summed E-state index contributed by atoms with van der Waals surface area (Å²) < 4.78 is 0. The Hall–Kier alpha value is -1.81. The van der Waals surface area contributed by atoms with Gasteiger partial charge in [-0.05, 0) is 48.8 Å². The lowest BCUT2D eigenvalue weighted by Gasteiger charge is -2.28. The van der Waals surface area contributed by atoms with E-state index in [4.69, 9.17) is 0 Å². The van der Waals surface area contributed by atoms with Gasteiger partial charge in [0.15, 0.2) is 0 Å². The molecule has 4 nitrogen and oxygen atoms in total. The Balaban J connectivity index is 1.72. The average Bonchev–Trinajstić information content (AvgIpc) is 3.19. The molecule has 1 aromatic carbocycles. The van der Waals surface area contributed by atoms with Crippen molar-refractivity contribution in [1.82, 2.24) is 15.2 Å². The molecule has 3 heterocycles. The number of H-pyrrole nitrogens is 1. The predicted octanol–water partition coefficient (Wildman–Crippen LogP) is 3.39. The summed E-state index contributed by atoms with van der Waals surface area (Å²) in [6, 6.07) is 6.61. The molecule has 2 N–H and O–H groups in total. The molecule has 0 spiro atoms. The fourth-order valence-electron chi connectivity index (χ4n) is 4.33. The lowest BCUT2D eigenvalue weighted by molar-refractivity contribution is -0.132. The summed E-state index contributed by atoms with van der Waals surface area (Å²) in [5.41, 5.74) is 3.80. The van der Waals surface area contributed by atoms with Crippen LogP contribution in [0.3, 0.4) is 0 Å². The SMILES string of the molecule is CC(C)C[C@@H]1N[C@H](C(=O)N2CCCC2)Cc2c[nH]c3cccc1c23. The van der Waals surface area contributed by atoms with Crippen molar-refractivity contribution >= 4 is 16.8 Å². The molecule has 0 bridgehead atoms. The van der Waals surface area contributed by atoms with E-state index in [1.54, 1.807) is 0 Å². The molecule has 2 aliphatic heterocycles. The molecule has 1 fully saturated rings. The van der Waals surface area contributed by atoms with Gasteiger partial charge in [-0.1, -0.05) is 26.0 Å². The van der Waals surface area contributed by atoms with Crippen LogP contribution < -0.4 is 5.32 Å². The second kappa shape index (κ2) is 6.25. The van der Waals surface area contributed by atoms with E-state index in [1.165, 1.54) is 22.0 Å². The topological polar surface area (TPSA) is 48.1 Å². The number of nitrogens with zero attached hydrogens (tertiary/aromatic N) is 1. The van der Waals surface area contributed by atoms with Crippen molar-refractivity contribution in [3.8, 4) is 0 Å². The van der Waals surface area contributed by atoms with Crippen molar-refractivity contribution in [3.63, 3.8) is 0 Å². The molecule has 0 unspecified atom stereocenters. The lowest BCUT2D eigenvalue weighted by Crippen LogP contribution is -2.47. The third-order valence-electron chi connectivity index (χ3n) is 5.44. The molecule has 128 valence electrons. The fourth-order valence-corrected chi connectivity index (χ4v) is 4.33. The normalized spacial score (nSPS) is 23.9. The third kappa shape index (κ3) is 2.73. The monoisotopic (exact) mass is 325 g/mol. The summed E-state index contributed by atoms with van der Waals surface area (Å²) in [5.74, 6) is 0.865. The predicted molar refractivity (Wildman–Crippen MR) is 96.9 cm³/mol. The second-order valence-corrected chi connectivity index (χ2v) is 7.72. The van der Waals surface area contributed by atoms with E-state index in [9.17, 15) is 4.79 Å². The minimum Gasteiger partial charge on any atom is -0.361 e. The van der Waals surface area contributed by atoms with E-state index >= 15 is 0 Å². The summed E-state index contributed by atoms with van der Waals surface area (Å²) >= 11 is 0. The van der Waals surface area contributed by atoms with Gasteiger partial charge in [0.2, 0.25) is 5.91 Å². The number of carbonyl (C=O) groups excluding carboxylic acids is 1. The number of benzene rings is 1. The van der Waals surface area contributed by atoms with E-state index in [1.807, 2.05) is 4.90 Å². The quantitative estimate of drug-likeness (QED) is 0.909. The first-order chi connectivity index (χ1) is 11.6. The molecule has 24 heavy (non-hydrogen) atoms. The van der Waals surface area contributed by atoms with Gasteiger partial charge in [-0.2, -0.15) is 0 Å². The number of rotatable bonds is 3. The van der Waals surface area contributed by atoms with Crippen molar-refractivity contribution in [2.75, 3.05) is 13.1 Å². The first-order valence-corrected chi connectivity index (χ1v) is 9.27. The van der Waals surface area contributed by atoms with Gasteiger partial charge < -0.3 is 9.88 Å². The van der Waals surface area contributed by atoms with Gasteiger partial charge in [0.25, 0.3) is 0 Å². The van der Waals surface area contributed by atoms with Gasteiger partial charge >= 0.3 is 0 Å². The van der Waals surface area contributed by atoms with Crippen LogP contribution in [0, 0.1) is 5.92 Å². The maximum Gasteiger partial charge on any atom is 0.240 e. The Kier molecular flexibility index (Phi) is 4.09. The van der Waals surface area contributed by atoms with E-state index in [0.717, 1.165) is 38.8 Å². The fraction of sp³-hybridized carbons (Fsp3) is 0.550. The van der Waals surface area contributed by atoms with Gasteiger partial charge in [0.05, 0.1) is 6.04 Å². The van der Waals surface area contributed by atoms with Crippen molar-refractivity contribution in [1.29, 1.82) is 0 Å². The molecular weight excluding hydrogens is 298 g/mol. The van der Waals surface area contributed by atoms with Crippen LogP contribution in [0.25, 0.3) is 10.9 Å². The zero-order valence-electron chi connectivity index (χ0n) is 14.6. The van der Waals surface area contributed by atoms with E-state index in [2.05, 4.69) is 48.5 Å². The van der Waals surface area contributed by atoms with Crippen LogP contribution in [0.4, 0.5) is 0 Å². The zero-order valence-corrected chi connectivity index (χ0v) is 14.6. The lowest BCUT2D eigenvalue weighted by atomic mass is 9.94. The van der Waals surface area contributed by atoms with Crippen LogP contribution in [0.2, 0.25) is 0 Å². The number of aromatic nitrogens is 1. The van der Waals surface area contributed by atoms with Crippen LogP contribution in [-0.2, 0) is 11.2 Å². The summed E-state index contributed by atoms with van der Waals surface area (Å²) in [6.45, 7) is 6.34. The van der Waals surface area contributed by atoms with Gasteiger partial charge in [0.1, 0.15) is 0 Å². The zero-order chi connectivity index (χ0) is 16.7. The number of carbonyl (C=O) groups is 1. The van der Waals surface area contributed by atoms with Crippen LogP contribution in [0.5, 0.6) is 0 Å². The molecule has 1 aromatic heterocycles. The highest BCUT2D eigenvalue weighted by molar-refractivity contribution is 5.90. The molecule has 2 atom stereocenters. The minimum absolute atomic E-state index is 0.113. The Morgan fingerprint density at radius 3 is 2.83 bits per heavy atom. The maximum absolute atomic E-state index is 13.0. The summed E-state index contributed by atoms with van der Waals surface area (Å²) in [5, 5.41) is 5.04. The number of nitrogens with one attached hydrogen (secondary N) is 2. The molecule has 4 heteroatoms. The van der Waals surface area contributed by atoms with Crippen LogP contribution in [0.1, 0.15) is 50.3 Å². The summed E-state index contributed by atoms with van der Waals surface area (Å²) in [7, 11) is 0.